The molecule has 0 spiro atoms. The van der Waals surface area contributed by atoms with Gasteiger partial charge in [-0.2, -0.15) is 0 Å². The van der Waals surface area contributed by atoms with Crippen LogP contribution in [0, 0.1) is 0 Å². The minimum atomic E-state index is 0.521. The molecule has 3 aromatic carbocycles. The minimum Gasteiger partial charge on any atom is -0.497 e. The summed E-state index contributed by atoms with van der Waals surface area (Å²) in [4.78, 5) is 0. The van der Waals surface area contributed by atoms with Crippen LogP contribution >= 0.6 is 45.2 Å². The van der Waals surface area contributed by atoms with Crippen molar-refractivity contribution in [3.05, 3.63) is 90.1 Å². The summed E-state index contributed by atoms with van der Waals surface area (Å²) in [7, 11) is 3.36. The predicted molar refractivity (Wildman–Crippen MR) is 144 cm³/mol. The van der Waals surface area contributed by atoms with E-state index in [1.165, 1.54) is 11.1 Å². The number of fused-ring (bicyclic) bond motifs is 3. The SMILES string of the molecule is COc1ccc(C2=C(I)COc3c2ccc2c3OCC(I)=C2c2ccc(OC)cc2)cc1. The Morgan fingerprint density at radius 2 is 0.969 bits per heavy atom. The molecule has 0 atom stereocenters. The van der Waals surface area contributed by atoms with Gasteiger partial charge in [-0.1, -0.05) is 24.3 Å². The van der Waals surface area contributed by atoms with Crippen molar-refractivity contribution in [2.45, 2.75) is 0 Å². The topological polar surface area (TPSA) is 36.9 Å². The third kappa shape index (κ3) is 3.77. The highest BCUT2D eigenvalue weighted by Gasteiger charge is 2.30. The molecule has 0 saturated carbocycles. The zero-order valence-corrected chi connectivity index (χ0v) is 21.9. The van der Waals surface area contributed by atoms with E-state index in [0.717, 1.165) is 52.4 Å². The summed E-state index contributed by atoms with van der Waals surface area (Å²) in [6.07, 6.45) is 0. The van der Waals surface area contributed by atoms with E-state index in [1.54, 1.807) is 14.2 Å². The summed E-state index contributed by atoms with van der Waals surface area (Å²) in [5.74, 6) is 3.30. The molecule has 32 heavy (non-hydrogen) atoms. The largest absolute Gasteiger partial charge is 0.497 e. The van der Waals surface area contributed by atoms with Gasteiger partial charge >= 0.3 is 0 Å². The van der Waals surface area contributed by atoms with Crippen LogP contribution in [0.25, 0.3) is 11.1 Å². The average molecular weight is 650 g/mol. The van der Waals surface area contributed by atoms with Crippen LogP contribution < -0.4 is 18.9 Å². The van der Waals surface area contributed by atoms with Crippen molar-refractivity contribution in [1.82, 2.24) is 0 Å². The van der Waals surface area contributed by atoms with E-state index in [4.69, 9.17) is 18.9 Å². The highest BCUT2D eigenvalue weighted by atomic mass is 127. The Labute approximate surface area is 214 Å². The van der Waals surface area contributed by atoms with Gasteiger partial charge in [0, 0.05) is 29.4 Å². The summed E-state index contributed by atoms with van der Waals surface area (Å²) in [5, 5.41) is 0. The molecule has 0 radical (unpaired) electrons. The Kier molecular flexibility index (Phi) is 6.07. The van der Waals surface area contributed by atoms with E-state index in [0.29, 0.717) is 13.2 Å². The van der Waals surface area contributed by atoms with Gasteiger partial charge in [0.2, 0.25) is 0 Å². The van der Waals surface area contributed by atoms with Gasteiger partial charge in [0.05, 0.1) is 14.2 Å². The smallest absolute Gasteiger partial charge is 0.170 e. The summed E-state index contributed by atoms with van der Waals surface area (Å²) < 4.78 is 25.4. The van der Waals surface area contributed by atoms with E-state index in [2.05, 4.69) is 81.6 Å². The summed E-state index contributed by atoms with van der Waals surface area (Å²) in [5.41, 5.74) is 6.73. The Morgan fingerprint density at radius 1 is 0.594 bits per heavy atom. The van der Waals surface area contributed by atoms with Crippen LogP contribution in [-0.4, -0.2) is 27.4 Å². The number of rotatable bonds is 4. The first kappa shape index (κ1) is 21.6. The number of ether oxygens (including phenoxy) is 4. The second kappa shape index (κ2) is 8.97. The third-order valence-corrected chi connectivity index (χ3v) is 7.34. The standard InChI is InChI=1S/C26H20I2O4/c1-29-17-7-3-15(4-8-17)23-19-11-12-20-24(16-5-9-18(30-2)10-6-16)22(28)14-32-26(20)25(19)31-13-21(23)27/h3-12H,13-14H2,1-2H3. The molecule has 2 aliphatic rings. The van der Waals surface area contributed by atoms with Crippen LogP contribution in [0.5, 0.6) is 23.0 Å². The second-order valence-electron chi connectivity index (χ2n) is 7.41. The van der Waals surface area contributed by atoms with Crippen LogP contribution in [0.4, 0.5) is 0 Å². The molecule has 162 valence electrons. The molecule has 0 amide bonds. The molecule has 2 aliphatic heterocycles. The molecule has 0 aliphatic carbocycles. The van der Waals surface area contributed by atoms with Crippen molar-refractivity contribution >= 4 is 56.3 Å². The first-order valence-corrected chi connectivity index (χ1v) is 12.3. The van der Waals surface area contributed by atoms with E-state index in [-0.39, 0.29) is 0 Å². The normalized spacial score (nSPS) is 14.9. The maximum atomic E-state index is 6.23. The average Bonchev–Trinajstić information content (AvgIpc) is 2.84. The lowest BCUT2D eigenvalue weighted by atomic mass is 9.89. The van der Waals surface area contributed by atoms with Gasteiger partial charge in [0.25, 0.3) is 0 Å². The van der Waals surface area contributed by atoms with Crippen LogP contribution in [0.2, 0.25) is 0 Å². The molecule has 5 rings (SSSR count). The van der Waals surface area contributed by atoms with Crippen molar-refractivity contribution in [2.24, 2.45) is 0 Å². The van der Waals surface area contributed by atoms with Crippen molar-refractivity contribution in [1.29, 1.82) is 0 Å². The van der Waals surface area contributed by atoms with Gasteiger partial charge in [-0.3, -0.25) is 0 Å². The number of benzene rings is 3. The van der Waals surface area contributed by atoms with Crippen molar-refractivity contribution in [3.8, 4) is 23.0 Å². The Balaban J connectivity index is 1.62. The lowest BCUT2D eigenvalue weighted by Gasteiger charge is -2.29. The van der Waals surface area contributed by atoms with Gasteiger partial charge < -0.3 is 18.9 Å². The van der Waals surface area contributed by atoms with Gasteiger partial charge in [-0.15, -0.1) is 0 Å². The van der Waals surface area contributed by atoms with Crippen LogP contribution in [0.15, 0.2) is 67.8 Å². The predicted octanol–water partition coefficient (Wildman–Crippen LogP) is 6.88. The fourth-order valence-electron chi connectivity index (χ4n) is 4.09. The molecule has 3 aromatic rings. The summed E-state index contributed by atoms with van der Waals surface area (Å²) in [6, 6.07) is 20.6. The first-order valence-electron chi connectivity index (χ1n) is 10.1. The number of halogens is 2. The zero-order chi connectivity index (χ0) is 22.2. The molecule has 0 saturated heterocycles. The first-order chi connectivity index (χ1) is 15.6. The number of hydrogen-bond acceptors (Lipinski definition) is 4. The fourth-order valence-corrected chi connectivity index (χ4v) is 5.61. The maximum Gasteiger partial charge on any atom is 0.170 e. The molecule has 0 aromatic heterocycles. The van der Waals surface area contributed by atoms with Crippen molar-refractivity contribution in [3.63, 3.8) is 0 Å². The van der Waals surface area contributed by atoms with E-state index >= 15 is 0 Å². The summed E-state index contributed by atoms with van der Waals surface area (Å²) in [6.45, 7) is 1.04. The van der Waals surface area contributed by atoms with Gasteiger partial charge in [0.15, 0.2) is 11.5 Å². The monoisotopic (exact) mass is 650 g/mol. The molecular weight excluding hydrogens is 630 g/mol. The van der Waals surface area contributed by atoms with Crippen LogP contribution in [0.3, 0.4) is 0 Å². The fraction of sp³-hybridized carbons (Fsp3) is 0.154. The maximum absolute atomic E-state index is 6.23. The van der Waals surface area contributed by atoms with Crippen molar-refractivity contribution < 1.29 is 18.9 Å². The lowest BCUT2D eigenvalue weighted by Crippen LogP contribution is -2.15. The number of hydrogen-bond donors (Lipinski definition) is 0. The van der Waals surface area contributed by atoms with E-state index < -0.39 is 0 Å². The second-order valence-corrected chi connectivity index (χ2v) is 10.0. The molecule has 4 nitrogen and oxygen atoms in total. The third-order valence-electron chi connectivity index (χ3n) is 5.64. The molecule has 0 bridgehead atoms. The quantitative estimate of drug-likeness (QED) is 0.289. The minimum absolute atomic E-state index is 0.521. The highest BCUT2D eigenvalue weighted by molar-refractivity contribution is 14.1. The van der Waals surface area contributed by atoms with E-state index in [1.807, 2.05) is 24.3 Å². The molecule has 0 N–H and O–H groups in total. The molecular formula is C26H20I2O4. The Bertz CT molecular complexity index is 1140. The highest BCUT2D eigenvalue weighted by Crippen LogP contribution is 2.50. The van der Waals surface area contributed by atoms with Gasteiger partial charge in [-0.05, 0) is 92.7 Å². The van der Waals surface area contributed by atoms with E-state index in [9.17, 15) is 0 Å². The Morgan fingerprint density at radius 3 is 1.31 bits per heavy atom. The van der Waals surface area contributed by atoms with Crippen LogP contribution in [-0.2, 0) is 0 Å². The number of methoxy groups -OCH3 is 2. The van der Waals surface area contributed by atoms with Crippen molar-refractivity contribution in [2.75, 3.05) is 27.4 Å². The van der Waals surface area contributed by atoms with Crippen LogP contribution in [0.1, 0.15) is 22.3 Å². The Hall–Kier alpha value is -2.20. The molecule has 2 heterocycles. The van der Waals surface area contributed by atoms with Gasteiger partial charge in [0.1, 0.15) is 24.7 Å². The molecule has 0 fully saturated rings. The lowest BCUT2D eigenvalue weighted by molar-refractivity contribution is 0.300. The molecule has 6 heteroatoms. The van der Waals surface area contributed by atoms with Gasteiger partial charge in [-0.25, -0.2) is 0 Å². The summed E-state index contributed by atoms with van der Waals surface area (Å²) >= 11 is 4.75. The molecule has 0 unspecified atom stereocenters. The zero-order valence-electron chi connectivity index (χ0n) is 17.6.